The molecule has 2 aliphatic heterocycles. The average molecular weight is 337 g/mol. The molecular weight excluding hydrogens is 314 g/mol. The molecule has 5 heteroatoms. The molecule has 2 fully saturated rings. The molecule has 0 saturated carbocycles. The predicted octanol–water partition coefficient (Wildman–Crippen LogP) is 2.90. The van der Waals surface area contributed by atoms with Crippen LogP contribution in [0.1, 0.15) is 24.9 Å². The summed E-state index contributed by atoms with van der Waals surface area (Å²) in [6.07, 6.45) is 4.56. The molecule has 2 aliphatic rings. The van der Waals surface area contributed by atoms with Gasteiger partial charge in [-0.3, -0.25) is 14.6 Å². The Morgan fingerprint density at radius 3 is 2.68 bits per heavy atom. The molecule has 3 atom stereocenters. The van der Waals surface area contributed by atoms with E-state index in [1.54, 1.807) is 13.1 Å². The number of aromatic nitrogens is 1. The first kappa shape index (κ1) is 16.2. The number of pyridine rings is 1. The third kappa shape index (κ3) is 3.05. The summed E-state index contributed by atoms with van der Waals surface area (Å²) in [5.74, 6) is 0.536. The van der Waals surface area contributed by atoms with Gasteiger partial charge in [0.15, 0.2) is 0 Å². The first-order valence-corrected chi connectivity index (χ1v) is 8.77. The fourth-order valence-corrected chi connectivity index (χ4v) is 4.06. The third-order valence-electron chi connectivity index (χ3n) is 5.47. The van der Waals surface area contributed by atoms with Crippen LogP contribution in [0.4, 0.5) is 0 Å². The topological polar surface area (TPSA) is 45.7 Å². The standard InChI is InChI=1S/C20H23N3O2/c1-14(24)23-12-18-13-25-22(2)19(18)10-20(23)16-7-5-15(6-8-16)17-4-3-9-21-11-17/h3-9,11,18-20H,10,12-13H2,1-2H3/t18-,19-,20-/m0/s1. The molecule has 25 heavy (non-hydrogen) atoms. The Kier molecular flexibility index (Phi) is 4.27. The Morgan fingerprint density at radius 2 is 2.00 bits per heavy atom. The van der Waals surface area contributed by atoms with Crippen LogP contribution in [0, 0.1) is 5.92 Å². The van der Waals surface area contributed by atoms with Crippen LogP contribution >= 0.6 is 0 Å². The van der Waals surface area contributed by atoms with Crippen molar-refractivity contribution in [3.63, 3.8) is 0 Å². The van der Waals surface area contributed by atoms with Gasteiger partial charge in [-0.15, -0.1) is 0 Å². The summed E-state index contributed by atoms with van der Waals surface area (Å²) in [4.78, 5) is 24.1. The summed E-state index contributed by atoms with van der Waals surface area (Å²) in [7, 11) is 2.00. The normalized spacial score (nSPS) is 26.5. The summed E-state index contributed by atoms with van der Waals surface area (Å²) < 4.78 is 0. The zero-order valence-electron chi connectivity index (χ0n) is 14.6. The SMILES string of the molecule is CC(=O)N1C[C@H]2CON(C)[C@H]2C[C@H]1c1ccc(-c2cccnc2)cc1. The van der Waals surface area contributed by atoms with Crippen LogP contribution in [0.25, 0.3) is 11.1 Å². The molecule has 4 rings (SSSR count). The number of fused-ring (bicyclic) bond motifs is 1. The Labute approximate surface area is 148 Å². The number of carbonyl (C=O) groups excluding carboxylic acids is 1. The molecule has 0 N–H and O–H groups in total. The van der Waals surface area contributed by atoms with Crippen molar-refractivity contribution in [2.75, 3.05) is 20.2 Å². The lowest BCUT2D eigenvalue weighted by atomic mass is 9.85. The van der Waals surface area contributed by atoms with Crippen molar-refractivity contribution in [3.8, 4) is 11.1 Å². The molecule has 1 amide bonds. The van der Waals surface area contributed by atoms with Gasteiger partial charge in [0.1, 0.15) is 0 Å². The fourth-order valence-electron chi connectivity index (χ4n) is 4.06. The number of benzene rings is 1. The van der Waals surface area contributed by atoms with Crippen molar-refractivity contribution in [1.82, 2.24) is 14.9 Å². The van der Waals surface area contributed by atoms with E-state index in [0.29, 0.717) is 18.6 Å². The summed E-state index contributed by atoms with van der Waals surface area (Å²) in [5.41, 5.74) is 3.42. The average Bonchev–Trinajstić information content (AvgIpc) is 3.02. The Bertz CT molecular complexity index is 747. The second-order valence-corrected chi connectivity index (χ2v) is 6.96. The number of nitrogens with zero attached hydrogens (tertiary/aromatic N) is 3. The molecule has 0 bridgehead atoms. The molecule has 1 aromatic heterocycles. The number of piperidine rings is 1. The monoisotopic (exact) mass is 337 g/mol. The first-order chi connectivity index (χ1) is 12.1. The molecule has 2 saturated heterocycles. The Morgan fingerprint density at radius 1 is 1.20 bits per heavy atom. The number of hydrogen-bond acceptors (Lipinski definition) is 4. The number of carbonyl (C=O) groups is 1. The van der Waals surface area contributed by atoms with E-state index in [0.717, 1.165) is 24.1 Å². The van der Waals surface area contributed by atoms with Gasteiger partial charge in [0, 0.05) is 44.9 Å². The van der Waals surface area contributed by atoms with Gasteiger partial charge < -0.3 is 4.90 Å². The van der Waals surface area contributed by atoms with Crippen LogP contribution in [0.3, 0.4) is 0 Å². The molecule has 2 aromatic rings. The smallest absolute Gasteiger partial charge is 0.219 e. The van der Waals surface area contributed by atoms with E-state index in [1.165, 1.54) is 5.56 Å². The van der Waals surface area contributed by atoms with E-state index in [-0.39, 0.29) is 11.9 Å². The Hall–Kier alpha value is -2.24. The highest BCUT2D eigenvalue weighted by molar-refractivity contribution is 5.74. The van der Waals surface area contributed by atoms with Crippen LogP contribution < -0.4 is 0 Å². The summed E-state index contributed by atoms with van der Waals surface area (Å²) in [5, 5.41) is 1.97. The maximum atomic E-state index is 12.2. The van der Waals surface area contributed by atoms with Crippen molar-refractivity contribution in [1.29, 1.82) is 0 Å². The molecule has 0 radical (unpaired) electrons. The van der Waals surface area contributed by atoms with Crippen LogP contribution in [0.5, 0.6) is 0 Å². The van der Waals surface area contributed by atoms with Gasteiger partial charge >= 0.3 is 0 Å². The predicted molar refractivity (Wildman–Crippen MR) is 95.4 cm³/mol. The van der Waals surface area contributed by atoms with Gasteiger partial charge in [-0.2, -0.15) is 5.06 Å². The van der Waals surface area contributed by atoms with Crippen molar-refractivity contribution in [2.24, 2.45) is 5.92 Å². The highest BCUT2D eigenvalue weighted by Gasteiger charge is 2.43. The van der Waals surface area contributed by atoms with E-state index in [4.69, 9.17) is 4.84 Å². The van der Waals surface area contributed by atoms with E-state index in [2.05, 4.69) is 35.3 Å². The second kappa shape index (κ2) is 6.58. The molecule has 0 aliphatic carbocycles. The van der Waals surface area contributed by atoms with Crippen molar-refractivity contribution in [3.05, 3.63) is 54.4 Å². The molecule has 130 valence electrons. The van der Waals surface area contributed by atoms with Crippen molar-refractivity contribution < 1.29 is 9.63 Å². The molecule has 1 aromatic carbocycles. The van der Waals surface area contributed by atoms with Gasteiger partial charge in [-0.1, -0.05) is 30.3 Å². The van der Waals surface area contributed by atoms with Gasteiger partial charge in [0.2, 0.25) is 5.91 Å². The largest absolute Gasteiger partial charge is 0.335 e. The number of likely N-dealkylation sites (tertiary alicyclic amines) is 1. The number of hydroxylamine groups is 2. The second-order valence-electron chi connectivity index (χ2n) is 6.96. The Balaban J connectivity index is 1.61. The van der Waals surface area contributed by atoms with Gasteiger partial charge in [0.25, 0.3) is 0 Å². The highest BCUT2D eigenvalue weighted by Crippen LogP contribution is 2.39. The minimum absolute atomic E-state index is 0.103. The van der Waals surface area contributed by atoms with Gasteiger partial charge in [0.05, 0.1) is 12.6 Å². The molecular formula is C20H23N3O2. The lowest BCUT2D eigenvalue weighted by Gasteiger charge is -2.41. The van der Waals surface area contributed by atoms with Gasteiger partial charge in [-0.05, 0) is 29.2 Å². The van der Waals surface area contributed by atoms with Crippen molar-refractivity contribution in [2.45, 2.75) is 25.4 Å². The van der Waals surface area contributed by atoms with E-state index in [1.807, 2.05) is 29.3 Å². The minimum Gasteiger partial charge on any atom is -0.335 e. The summed E-state index contributed by atoms with van der Waals surface area (Å²) in [6.45, 7) is 3.13. The lowest BCUT2D eigenvalue weighted by Crippen LogP contribution is -2.48. The minimum atomic E-state index is 0.103. The van der Waals surface area contributed by atoms with E-state index < -0.39 is 0 Å². The van der Waals surface area contributed by atoms with Crippen LogP contribution in [0.2, 0.25) is 0 Å². The number of rotatable bonds is 2. The van der Waals surface area contributed by atoms with E-state index >= 15 is 0 Å². The number of hydrogen-bond donors (Lipinski definition) is 0. The van der Waals surface area contributed by atoms with Crippen molar-refractivity contribution >= 4 is 5.91 Å². The lowest BCUT2D eigenvalue weighted by molar-refractivity contribution is -0.137. The van der Waals surface area contributed by atoms with Gasteiger partial charge in [-0.25, -0.2) is 0 Å². The quantitative estimate of drug-likeness (QED) is 0.845. The van der Waals surface area contributed by atoms with E-state index in [9.17, 15) is 4.79 Å². The van der Waals surface area contributed by atoms with Crippen LogP contribution in [-0.4, -0.2) is 47.1 Å². The molecule has 0 unspecified atom stereocenters. The zero-order chi connectivity index (χ0) is 17.4. The molecule has 0 spiro atoms. The maximum absolute atomic E-state index is 12.2. The van der Waals surface area contributed by atoms with Crippen LogP contribution in [-0.2, 0) is 9.63 Å². The number of amides is 1. The highest BCUT2D eigenvalue weighted by atomic mass is 16.7. The molecule has 3 heterocycles. The first-order valence-electron chi connectivity index (χ1n) is 8.77. The maximum Gasteiger partial charge on any atom is 0.219 e. The summed E-state index contributed by atoms with van der Waals surface area (Å²) >= 11 is 0. The zero-order valence-corrected chi connectivity index (χ0v) is 14.6. The van der Waals surface area contributed by atoms with Crippen LogP contribution in [0.15, 0.2) is 48.8 Å². The molecule has 5 nitrogen and oxygen atoms in total. The summed E-state index contributed by atoms with van der Waals surface area (Å²) in [6, 6.07) is 13.0. The third-order valence-corrected chi connectivity index (χ3v) is 5.47. The fraction of sp³-hybridized carbons (Fsp3) is 0.400.